The van der Waals surface area contributed by atoms with Crippen LogP contribution in [0, 0.1) is 6.92 Å². The predicted molar refractivity (Wildman–Crippen MR) is 45.7 cm³/mol. The van der Waals surface area contributed by atoms with E-state index < -0.39 is 5.97 Å². The van der Waals surface area contributed by atoms with Crippen LogP contribution in [-0.4, -0.2) is 17.2 Å². The molecule has 13 heavy (non-hydrogen) atoms. The van der Waals surface area contributed by atoms with Crippen molar-refractivity contribution in [3.8, 4) is 5.88 Å². The van der Waals surface area contributed by atoms with E-state index >= 15 is 0 Å². The predicted octanol–water partition coefficient (Wildman–Crippen LogP) is 1.13. The fourth-order valence-electron chi connectivity index (χ4n) is 0.921. The van der Waals surface area contributed by atoms with Crippen LogP contribution in [-0.2, 0) is 4.79 Å². The van der Waals surface area contributed by atoms with Crippen molar-refractivity contribution in [2.45, 2.75) is 13.8 Å². The molecule has 0 unspecified atom stereocenters. The molecule has 0 saturated carbocycles. The molecule has 0 saturated heterocycles. The highest BCUT2D eigenvalue weighted by atomic mass is 16.5. The summed E-state index contributed by atoms with van der Waals surface area (Å²) in [4.78, 5) is 24.7. The van der Waals surface area contributed by atoms with Gasteiger partial charge in [0.2, 0.25) is 5.88 Å². The van der Waals surface area contributed by atoms with Crippen molar-refractivity contribution in [1.29, 1.82) is 0 Å². The van der Waals surface area contributed by atoms with E-state index in [1.54, 1.807) is 19.1 Å². The molecule has 1 aromatic rings. The van der Waals surface area contributed by atoms with Crippen LogP contribution in [0.2, 0.25) is 0 Å². The lowest BCUT2D eigenvalue weighted by Gasteiger charge is -2.01. The van der Waals surface area contributed by atoms with E-state index in [2.05, 4.69) is 4.98 Å². The highest BCUT2D eigenvalue weighted by Crippen LogP contribution is 2.10. The maximum absolute atomic E-state index is 10.6. The zero-order chi connectivity index (χ0) is 9.84. The topological polar surface area (TPSA) is 56.3 Å². The molecule has 0 aliphatic heterocycles. The smallest absolute Gasteiger partial charge is 0.309 e. The van der Waals surface area contributed by atoms with Gasteiger partial charge in [-0.15, -0.1) is 0 Å². The third-order valence-electron chi connectivity index (χ3n) is 1.34. The van der Waals surface area contributed by atoms with Crippen molar-refractivity contribution < 1.29 is 14.3 Å². The minimum atomic E-state index is -0.449. The number of aryl methyl sites for hydroxylation is 1. The normalized spacial score (nSPS) is 9.38. The van der Waals surface area contributed by atoms with Crippen LogP contribution in [0.4, 0.5) is 0 Å². The van der Waals surface area contributed by atoms with E-state index in [1.165, 1.54) is 6.92 Å². The number of nitrogens with zero attached hydrogens (tertiary/aromatic N) is 1. The SMILES string of the molecule is CC(=O)Oc1cc(C)cc(C=O)n1. The molecule has 0 spiro atoms. The van der Waals surface area contributed by atoms with Gasteiger partial charge in [0.15, 0.2) is 6.29 Å². The van der Waals surface area contributed by atoms with Crippen LogP contribution >= 0.6 is 0 Å². The Balaban J connectivity index is 3.01. The van der Waals surface area contributed by atoms with Crippen molar-refractivity contribution in [2.24, 2.45) is 0 Å². The van der Waals surface area contributed by atoms with Crippen LogP contribution in [0.25, 0.3) is 0 Å². The second kappa shape index (κ2) is 3.80. The third-order valence-corrected chi connectivity index (χ3v) is 1.34. The van der Waals surface area contributed by atoms with Crippen LogP contribution in [0.1, 0.15) is 23.0 Å². The van der Waals surface area contributed by atoms with E-state index in [1.807, 2.05) is 0 Å². The molecule has 1 rings (SSSR count). The van der Waals surface area contributed by atoms with Gasteiger partial charge in [0.1, 0.15) is 5.69 Å². The van der Waals surface area contributed by atoms with Gasteiger partial charge >= 0.3 is 5.97 Å². The van der Waals surface area contributed by atoms with Crippen LogP contribution in [0.3, 0.4) is 0 Å². The van der Waals surface area contributed by atoms with Crippen molar-refractivity contribution >= 4 is 12.3 Å². The number of carbonyl (C=O) groups excluding carboxylic acids is 2. The van der Waals surface area contributed by atoms with Crippen molar-refractivity contribution in [1.82, 2.24) is 4.98 Å². The lowest BCUT2D eigenvalue weighted by Crippen LogP contribution is -2.04. The third kappa shape index (κ3) is 2.66. The Morgan fingerprint density at radius 3 is 2.77 bits per heavy atom. The van der Waals surface area contributed by atoms with Gasteiger partial charge in [0, 0.05) is 13.0 Å². The Labute approximate surface area is 75.5 Å². The highest BCUT2D eigenvalue weighted by Gasteiger charge is 2.02. The summed E-state index contributed by atoms with van der Waals surface area (Å²) in [5.74, 6) is -0.287. The van der Waals surface area contributed by atoms with Gasteiger partial charge < -0.3 is 4.74 Å². The van der Waals surface area contributed by atoms with E-state index in [9.17, 15) is 9.59 Å². The second-order valence-electron chi connectivity index (χ2n) is 2.62. The molecule has 0 atom stereocenters. The molecule has 1 heterocycles. The molecule has 0 radical (unpaired) electrons. The summed E-state index contributed by atoms with van der Waals surface area (Å²) in [5.41, 5.74) is 1.09. The van der Waals surface area contributed by atoms with Gasteiger partial charge in [-0.25, -0.2) is 4.98 Å². The molecule has 0 aliphatic carbocycles. The molecule has 4 heteroatoms. The average Bonchev–Trinajstić information content (AvgIpc) is 2.01. The summed E-state index contributed by atoms with van der Waals surface area (Å²) in [5, 5.41) is 0. The number of ether oxygens (including phenoxy) is 1. The Morgan fingerprint density at radius 2 is 2.23 bits per heavy atom. The quantitative estimate of drug-likeness (QED) is 0.504. The summed E-state index contributed by atoms with van der Waals surface area (Å²) in [7, 11) is 0. The maximum Gasteiger partial charge on any atom is 0.309 e. The fraction of sp³-hybridized carbons (Fsp3) is 0.222. The van der Waals surface area contributed by atoms with Gasteiger partial charge in [0.25, 0.3) is 0 Å². The van der Waals surface area contributed by atoms with Crippen molar-refractivity contribution in [3.05, 3.63) is 23.4 Å². The molecule has 0 fully saturated rings. The molecule has 68 valence electrons. The number of pyridine rings is 1. The first kappa shape index (κ1) is 9.38. The van der Waals surface area contributed by atoms with E-state index in [0.29, 0.717) is 6.29 Å². The average molecular weight is 179 g/mol. The summed E-state index contributed by atoms with van der Waals surface area (Å²) in [6, 6.07) is 3.20. The Morgan fingerprint density at radius 1 is 1.54 bits per heavy atom. The lowest BCUT2D eigenvalue weighted by molar-refractivity contribution is -0.132. The highest BCUT2D eigenvalue weighted by molar-refractivity contribution is 5.73. The number of aromatic nitrogens is 1. The minimum Gasteiger partial charge on any atom is -0.408 e. The number of hydrogen-bond donors (Lipinski definition) is 0. The Bertz CT molecular complexity index is 347. The van der Waals surface area contributed by atoms with Gasteiger partial charge in [-0.2, -0.15) is 0 Å². The molecular weight excluding hydrogens is 170 g/mol. The molecular formula is C9H9NO3. The fourth-order valence-corrected chi connectivity index (χ4v) is 0.921. The molecule has 0 N–H and O–H groups in total. The van der Waals surface area contributed by atoms with Crippen LogP contribution in [0.15, 0.2) is 12.1 Å². The number of rotatable bonds is 2. The standard InChI is InChI=1S/C9H9NO3/c1-6-3-8(5-11)10-9(4-6)13-7(2)12/h3-5H,1-2H3. The first-order valence-electron chi connectivity index (χ1n) is 3.74. The van der Waals surface area contributed by atoms with Gasteiger partial charge in [-0.3, -0.25) is 9.59 Å². The summed E-state index contributed by atoms with van der Waals surface area (Å²) in [6.07, 6.45) is 0.611. The Kier molecular flexibility index (Phi) is 2.74. The molecule has 4 nitrogen and oxygen atoms in total. The van der Waals surface area contributed by atoms with Gasteiger partial charge in [0.05, 0.1) is 0 Å². The lowest BCUT2D eigenvalue weighted by atomic mass is 10.2. The zero-order valence-corrected chi connectivity index (χ0v) is 7.40. The van der Waals surface area contributed by atoms with E-state index in [4.69, 9.17) is 4.74 Å². The summed E-state index contributed by atoms with van der Waals surface area (Å²) < 4.78 is 4.73. The first-order chi connectivity index (χ1) is 6.11. The largest absolute Gasteiger partial charge is 0.408 e. The summed E-state index contributed by atoms with van der Waals surface area (Å²) in [6.45, 7) is 3.08. The number of hydrogen-bond acceptors (Lipinski definition) is 4. The molecule has 1 aromatic heterocycles. The van der Waals surface area contributed by atoms with Crippen molar-refractivity contribution in [2.75, 3.05) is 0 Å². The minimum absolute atomic E-state index is 0.162. The molecule has 0 aromatic carbocycles. The first-order valence-corrected chi connectivity index (χ1v) is 3.74. The van der Waals surface area contributed by atoms with Crippen LogP contribution in [0.5, 0.6) is 5.88 Å². The number of aldehydes is 1. The molecule has 0 aliphatic rings. The van der Waals surface area contributed by atoms with Crippen molar-refractivity contribution in [3.63, 3.8) is 0 Å². The van der Waals surface area contributed by atoms with E-state index in [0.717, 1.165) is 5.56 Å². The Hall–Kier alpha value is -1.71. The van der Waals surface area contributed by atoms with E-state index in [-0.39, 0.29) is 11.6 Å². The molecule has 0 bridgehead atoms. The number of esters is 1. The summed E-state index contributed by atoms with van der Waals surface area (Å²) >= 11 is 0. The monoisotopic (exact) mass is 179 g/mol. The zero-order valence-electron chi connectivity index (χ0n) is 7.40. The van der Waals surface area contributed by atoms with Crippen LogP contribution < -0.4 is 4.74 Å². The van der Waals surface area contributed by atoms with Gasteiger partial charge in [-0.1, -0.05) is 0 Å². The number of carbonyl (C=O) groups is 2. The van der Waals surface area contributed by atoms with Gasteiger partial charge in [-0.05, 0) is 18.6 Å². The second-order valence-corrected chi connectivity index (χ2v) is 2.62. The molecule has 0 amide bonds. The maximum atomic E-state index is 10.6.